The molecule has 4 nitrogen and oxygen atoms in total. The molecule has 1 saturated heterocycles. The van der Waals surface area contributed by atoms with E-state index < -0.39 is 9.84 Å². The summed E-state index contributed by atoms with van der Waals surface area (Å²) in [5, 5.41) is 3.07. The van der Waals surface area contributed by atoms with Crippen molar-refractivity contribution < 1.29 is 8.42 Å². The van der Waals surface area contributed by atoms with Crippen molar-refractivity contribution in [1.82, 2.24) is 10.2 Å². The molecule has 0 saturated carbocycles. The second-order valence-corrected chi connectivity index (χ2v) is 9.98. The van der Waals surface area contributed by atoms with Gasteiger partial charge in [0.25, 0.3) is 0 Å². The molecule has 0 aliphatic carbocycles. The molecule has 1 aromatic heterocycles. The molecule has 0 radical (unpaired) electrons. The number of nitrogens with one attached hydrogen (secondary N) is 1. The van der Waals surface area contributed by atoms with E-state index in [2.05, 4.69) is 29.3 Å². The zero-order valence-electron chi connectivity index (χ0n) is 12.7. The number of hydrogen-bond donors (Lipinski definition) is 1. The van der Waals surface area contributed by atoms with Gasteiger partial charge in [0.2, 0.25) is 0 Å². The Bertz CT molecular complexity index is 542. The van der Waals surface area contributed by atoms with E-state index in [-0.39, 0.29) is 5.37 Å². The highest BCUT2D eigenvalue weighted by Gasteiger charge is 2.31. The zero-order chi connectivity index (χ0) is 15.3. The summed E-state index contributed by atoms with van der Waals surface area (Å²) in [5.41, 5.74) is 0. The third-order valence-electron chi connectivity index (χ3n) is 3.49. The maximum Gasteiger partial charge on any atom is 0.164 e. The van der Waals surface area contributed by atoms with Crippen LogP contribution in [0.2, 0.25) is 0 Å². The van der Waals surface area contributed by atoms with Crippen molar-refractivity contribution in [3.05, 3.63) is 21.9 Å². The lowest BCUT2D eigenvalue weighted by atomic mass is 10.3. The molecule has 1 atom stereocenters. The molecule has 1 aliphatic heterocycles. The number of thioether (sulfide) groups is 1. The molecule has 2 rings (SSSR count). The van der Waals surface area contributed by atoms with Gasteiger partial charge >= 0.3 is 0 Å². The Morgan fingerprint density at radius 1 is 1.38 bits per heavy atom. The maximum atomic E-state index is 11.9. The molecule has 0 aromatic carbocycles. The molecular formula is C14H24N2O2S3. The van der Waals surface area contributed by atoms with Gasteiger partial charge in [-0.25, -0.2) is 8.42 Å². The molecule has 1 aromatic rings. The van der Waals surface area contributed by atoms with Crippen LogP contribution >= 0.6 is 23.1 Å². The highest BCUT2D eigenvalue weighted by molar-refractivity contribution is 8.00. The average molecular weight is 349 g/mol. The van der Waals surface area contributed by atoms with Crippen LogP contribution in [0, 0.1) is 0 Å². The Kier molecular flexibility index (Phi) is 6.55. The quantitative estimate of drug-likeness (QED) is 0.765. The first-order valence-electron chi connectivity index (χ1n) is 7.29. The monoisotopic (exact) mass is 348 g/mol. The lowest BCUT2D eigenvalue weighted by Gasteiger charge is -2.33. The number of thiophene rings is 1. The number of rotatable bonds is 7. The van der Waals surface area contributed by atoms with Gasteiger partial charge in [0, 0.05) is 47.2 Å². The third-order valence-corrected chi connectivity index (χ3v) is 7.24. The van der Waals surface area contributed by atoms with Gasteiger partial charge in [-0.3, -0.25) is 4.90 Å². The predicted molar refractivity (Wildman–Crippen MR) is 92.7 cm³/mol. The highest BCUT2D eigenvalue weighted by Crippen LogP contribution is 2.25. The minimum absolute atomic E-state index is 0.333. The molecular weight excluding hydrogens is 324 g/mol. The number of hydrogen-bond acceptors (Lipinski definition) is 6. The average Bonchev–Trinajstić information content (AvgIpc) is 2.86. The molecule has 1 N–H and O–H groups in total. The lowest BCUT2D eigenvalue weighted by Crippen LogP contribution is -2.46. The topological polar surface area (TPSA) is 49.4 Å². The number of nitrogens with zero attached hydrogens (tertiary/aromatic N) is 1. The molecule has 0 amide bonds. The summed E-state index contributed by atoms with van der Waals surface area (Å²) in [5.74, 6) is 1.71. The summed E-state index contributed by atoms with van der Waals surface area (Å²) < 4.78 is 23.8. The predicted octanol–water partition coefficient (Wildman–Crippen LogP) is 2.17. The van der Waals surface area contributed by atoms with Gasteiger partial charge in [-0.15, -0.1) is 11.3 Å². The van der Waals surface area contributed by atoms with E-state index in [1.165, 1.54) is 16.0 Å². The molecule has 120 valence electrons. The fraction of sp³-hybridized carbons (Fsp3) is 0.714. The Labute approximate surface area is 136 Å². The van der Waals surface area contributed by atoms with Gasteiger partial charge < -0.3 is 5.32 Å². The van der Waals surface area contributed by atoms with Crippen LogP contribution in [-0.2, 0) is 22.9 Å². The Morgan fingerprint density at radius 3 is 2.86 bits per heavy atom. The van der Waals surface area contributed by atoms with Crippen LogP contribution < -0.4 is 5.32 Å². The van der Waals surface area contributed by atoms with E-state index in [9.17, 15) is 8.42 Å². The Hall–Kier alpha value is -0.0800. The van der Waals surface area contributed by atoms with Crippen LogP contribution in [0.15, 0.2) is 12.1 Å². The third kappa shape index (κ3) is 5.25. The minimum Gasteiger partial charge on any atom is -0.312 e. The van der Waals surface area contributed by atoms with E-state index in [0.29, 0.717) is 5.75 Å². The van der Waals surface area contributed by atoms with Crippen molar-refractivity contribution in [2.24, 2.45) is 0 Å². The largest absolute Gasteiger partial charge is 0.312 e. The standard InChI is InChI=1S/C14H24N2O2S3/c1-3-6-15-9-12-4-5-13(20-12)10-16-7-8-19-11-14(16)21(2,17)18/h4-5,14-15H,3,6-11H2,1-2H3. The summed E-state index contributed by atoms with van der Waals surface area (Å²) in [6.07, 6.45) is 2.49. The SMILES string of the molecule is CCCNCc1ccc(CN2CCSCC2S(C)(=O)=O)s1. The van der Waals surface area contributed by atoms with E-state index in [4.69, 9.17) is 0 Å². The van der Waals surface area contributed by atoms with E-state index in [1.54, 1.807) is 23.1 Å². The lowest BCUT2D eigenvalue weighted by molar-refractivity contribution is 0.264. The maximum absolute atomic E-state index is 11.9. The van der Waals surface area contributed by atoms with Gasteiger partial charge in [0.05, 0.1) is 0 Å². The molecule has 2 heterocycles. The van der Waals surface area contributed by atoms with Crippen molar-refractivity contribution in [2.45, 2.75) is 31.8 Å². The highest BCUT2D eigenvalue weighted by atomic mass is 32.2. The second-order valence-electron chi connectivity index (χ2n) is 5.37. The molecule has 0 spiro atoms. The van der Waals surface area contributed by atoms with Crippen molar-refractivity contribution in [3.63, 3.8) is 0 Å². The smallest absolute Gasteiger partial charge is 0.164 e. The first-order valence-corrected chi connectivity index (χ1v) is 11.2. The fourth-order valence-corrected chi connectivity index (χ4v) is 6.34. The Morgan fingerprint density at radius 2 is 2.14 bits per heavy atom. The normalized spacial score (nSPS) is 20.8. The molecule has 1 unspecified atom stereocenters. The number of sulfone groups is 1. The fourth-order valence-electron chi connectivity index (χ4n) is 2.38. The Balaban J connectivity index is 1.96. The zero-order valence-corrected chi connectivity index (χ0v) is 15.1. The second kappa shape index (κ2) is 7.97. The first kappa shape index (κ1) is 17.3. The summed E-state index contributed by atoms with van der Waals surface area (Å²) >= 11 is 3.52. The van der Waals surface area contributed by atoms with E-state index in [0.717, 1.165) is 38.4 Å². The van der Waals surface area contributed by atoms with Crippen LogP contribution in [-0.4, -0.2) is 49.5 Å². The van der Waals surface area contributed by atoms with Crippen molar-refractivity contribution in [2.75, 3.05) is 30.9 Å². The summed E-state index contributed by atoms with van der Waals surface area (Å²) in [6, 6.07) is 4.28. The van der Waals surface area contributed by atoms with Crippen molar-refractivity contribution >= 4 is 32.9 Å². The van der Waals surface area contributed by atoms with E-state index >= 15 is 0 Å². The van der Waals surface area contributed by atoms with Crippen LogP contribution in [0.4, 0.5) is 0 Å². The molecule has 1 fully saturated rings. The molecule has 0 bridgehead atoms. The van der Waals surface area contributed by atoms with Gasteiger partial charge in [-0.05, 0) is 25.1 Å². The van der Waals surface area contributed by atoms with E-state index in [1.807, 2.05) is 0 Å². The van der Waals surface area contributed by atoms with Gasteiger partial charge in [0.15, 0.2) is 9.84 Å². The van der Waals surface area contributed by atoms with Crippen LogP contribution in [0.3, 0.4) is 0 Å². The summed E-state index contributed by atoms with van der Waals surface area (Å²) in [7, 11) is -3.01. The van der Waals surface area contributed by atoms with Gasteiger partial charge in [-0.1, -0.05) is 6.92 Å². The van der Waals surface area contributed by atoms with Crippen LogP contribution in [0.25, 0.3) is 0 Å². The summed E-state index contributed by atoms with van der Waals surface area (Å²) in [6.45, 7) is 5.70. The molecule has 1 aliphatic rings. The molecule has 21 heavy (non-hydrogen) atoms. The van der Waals surface area contributed by atoms with Crippen molar-refractivity contribution in [1.29, 1.82) is 0 Å². The molecule has 7 heteroatoms. The first-order chi connectivity index (χ1) is 10.0. The van der Waals surface area contributed by atoms with Crippen LogP contribution in [0.5, 0.6) is 0 Å². The van der Waals surface area contributed by atoms with Gasteiger partial charge in [-0.2, -0.15) is 11.8 Å². The van der Waals surface area contributed by atoms with Crippen LogP contribution in [0.1, 0.15) is 23.1 Å². The summed E-state index contributed by atoms with van der Waals surface area (Å²) in [4.78, 5) is 4.69. The minimum atomic E-state index is -3.01. The van der Waals surface area contributed by atoms with Gasteiger partial charge in [0.1, 0.15) is 5.37 Å². The van der Waals surface area contributed by atoms with Crippen molar-refractivity contribution in [3.8, 4) is 0 Å².